The number of amides is 2. The number of aromatic nitrogens is 4. The topological polar surface area (TPSA) is 102 Å². The molecule has 2 amide bonds. The van der Waals surface area contributed by atoms with E-state index in [1.165, 1.54) is 36.4 Å². The zero-order valence-corrected chi connectivity index (χ0v) is 19.0. The Hall–Kier alpha value is -4.70. The van der Waals surface area contributed by atoms with Crippen LogP contribution in [0.5, 0.6) is 0 Å². The fraction of sp³-hybridized carbons (Fsp3) is 0. The van der Waals surface area contributed by atoms with E-state index in [9.17, 15) is 18.4 Å². The standard InChI is InChI=1S/C25H15ClF2N6O2/c26-18-11-16(3-5-20(18)28)32-25(36)31-15-2-4-19(27)17(10-15)24(35)14-1-6-21-22(9-14)33-23(12-30-21)34-8-7-29-13-34/h1-13H,(H2,31,32,36). The predicted molar refractivity (Wildman–Crippen MR) is 131 cm³/mol. The SMILES string of the molecule is O=C(Nc1ccc(F)c(Cl)c1)Nc1ccc(F)c(C(=O)c2ccc3ncc(-n4ccnc4)nc3c2)c1. The first-order chi connectivity index (χ1) is 17.4. The quantitative estimate of drug-likeness (QED) is 0.302. The zero-order valence-electron chi connectivity index (χ0n) is 18.2. The van der Waals surface area contributed by atoms with Gasteiger partial charge in [-0.3, -0.25) is 14.3 Å². The van der Waals surface area contributed by atoms with Crippen LogP contribution in [0.15, 0.2) is 79.5 Å². The highest BCUT2D eigenvalue weighted by atomic mass is 35.5. The largest absolute Gasteiger partial charge is 0.323 e. The van der Waals surface area contributed by atoms with E-state index in [1.54, 1.807) is 35.6 Å². The van der Waals surface area contributed by atoms with Gasteiger partial charge >= 0.3 is 6.03 Å². The Morgan fingerprint density at radius 3 is 2.36 bits per heavy atom. The molecule has 0 saturated heterocycles. The van der Waals surface area contributed by atoms with Crippen LogP contribution in [0.4, 0.5) is 25.0 Å². The van der Waals surface area contributed by atoms with Gasteiger partial charge in [-0.15, -0.1) is 0 Å². The van der Waals surface area contributed by atoms with Gasteiger partial charge in [0, 0.05) is 29.3 Å². The van der Waals surface area contributed by atoms with Crippen LogP contribution in [0.25, 0.3) is 16.9 Å². The lowest BCUT2D eigenvalue weighted by Crippen LogP contribution is -2.20. The Kier molecular flexibility index (Phi) is 6.09. The van der Waals surface area contributed by atoms with Crippen molar-refractivity contribution in [3.05, 3.63) is 107 Å². The normalized spacial score (nSPS) is 10.9. The van der Waals surface area contributed by atoms with E-state index in [0.29, 0.717) is 16.9 Å². The van der Waals surface area contributed by atoms with Crippen molar-refractivity contribution >= 4 is 45.8 Å². The summed E-state index contributed by atoms with van der Waals surface area (Å²) in [5.41, 5.74) is 1.39. The molecule has 11 heteroatoms. The molecular weight excluding hydrogens is 490 g/mol. The monoisotopic (exact) mass is 504 g/mol. The van der Waals surface area contributed by atoms with E-state index >= 15 is 0 Å². The summed E-state index contributed by atoms with van der Waals surface area (Å²) in [5, 5.41) is 4.85. The Labute approximate surface area is 207 Å². The lowest BCUT2D eigenvalue weighted by atomic mass is 10.0. The Morgan fingerprint density at radius 1 is 0.889 bits per heavy atom. The number of carbonyl (C=O) groups excluding carboxylic acids is 2. The van der Waals surface area contributed by atoms with Gasteiger partial charge < -0.3 is 10.6 Å². The van der Waals surface area contributed by atoms with Gasteiger partial charge in [-0.05, 0) is 54.6 Å². The first kappa shape index (κ1) is 23.1. The van der Waals surface area contributed by atoms with Gasteiger partial charge in [-0.2, -0.15) is 0 Å². The van der Waals surface area contributed by atoms with E-state index in [-0.39, 0.29) is 27.5 Å². The fourth-order valence-corrected chi connectivity index (χ4v) is 3.64. The van der Waals surface area contributed by atoms with Crippen molar-refractivity contribution in [1.29, 1.82) is 0 Å². The number of ketones is 1. The summed E-state index contributed by atoms with van der Waals surface area (Å²) in [6.45, 7) is 0. The molecule has 3 aromatic carbocycles. The molecule has 36 heavy (non-hydrogen) atoms. The Balaban J connectivity index is 1.38. The third-order valence-electron chi connectivity index (χ3n) is 5.21. The van der Waals surface area contributed by atoms with Crippen LogP contribution >= 0.6 is 11.6 Å². The number of carbonyl (C=O) groups is 2. The number of imidazole rings is 1. The van der Waals surface area contributed by atoms with Crippen LogP contribution in [-0.2, 0) is 0 Å². The van der Waals surface area contributed by atoms with Gasteiger partial charge in [0.2, 0.25) is 0 Å². The number of nitrogens with one attached hydrogen (secondary N) is 2. The van der Waals surface area contributed by atoms with Crippen molar-refractivity contribution in [3.63, 3.8) is 0 Å². The number of nitrogens with zero attached hydrogens (tertiary/aromatic N) is 4. The molecule has 8 nitrogen and oxygen atoms in total. The predicted octanol–water partition coefficient (Wildman–Crippen LogP) is 5.62. The van der Waals surface area contributed by atoms with Crippen LogP contribution in [0.1, 0.15) is 15.9 Å². The first-order valence-electron chi connectivity index (χ1n) is 10.5. The maximum atomic E-state index is 14.6. The second kappa shape index (κ2) is 9.51. The molecule has 0 radical (unpaired) electrons. The van der Waals surface area contributed by atoms with Gasteiger partial charge in [0.25, 0.3) is 0 Å². The molecule has 0 unspecified atom stereocenters. The smallest absolute Gasteiger partial charge is 0.308 e. The summed E-state index contributed by atoms with van der Waals surface area (Å²) >= 11 is 5.72. The third kappa shape index (κ3) is 4.75. The van der Waals surface area contributed by atoms with Crippen molar-refractivity contribution in [2.75, 3.05) is 10.6 Å². The van der Waals surface area contributed by atoms with E-state index in [2.05, 4.69) is 25.6 Å². The molecule has 2 N–H and O–H groups in total. The number of hydrogen-bond donors (Lipinski definition) is 2. The molecule has 2 aromatic heterocycles. The fourth-order valence-electron chi connectivity index (χ4n) is 3.46. The highest BCUT2D eigenvalue weighted by Crippen LogP contribution is 2.22. The summed E-state index contributed by atoms with van der Waals surface area (Å²) in [5.74, 6) is -1.47. The first-order valence-corrected chi connectivity index (χ1v) is 10.9. The molecule has 5 aromatic rings. The molecule has 0 aliphatic rings. The Bertz CT molecular complexity index is 1630. The Morgan fingerprint density at radius 2 is 1.64 bits per heavy atom. The maximum absolute atomic E-state index is 14.6. The van der Waals surface area contributed by atoms with Crippen LogP contribution in [0.2, 0.25) is 5.02 Å². The van der Waals surface area contributed by atoms with Gasteiger partial charge in [0.1, 0.15) is 18.0 Å². The van der Waals surface area contributed by atoms with E-state index in [4.69, 9.17) is 11.6 Å². The molecule has 178 valence electrons. The number of benzene rings is 3. The van der Waals surface area contributed by atoms with Crippen LogP contribution in [-0.4, -0.2) is 31.3 Å². The molecule has 0 fully saturated rings. The van der Waals surface area contributed by atoms with Crippen LogP contribution in [0.3, 0.4) is 0 Å². The van der Waals surface area contributed by atoms with Crippen LogP contribution < -0.4 is 10.6 Å². The highest BCUT2D eigenvalue weighted by Gasteiger charge is 2.17. The summed E-state index contributed by atoms with van der Waals surface area (Å²) < 4.78 is 29.6. The second-order valence-electron chi connectivity index (χ2n) is 7.63. The van der Waals surface area contributed by atoms with Gasteiger partial charge in [0.15, 0.2) is 11.6 Å². The lowest BCUT2D eigenvalue weighted by molar-refractivity contribution is 0.103. The molecule has 0 spiro atoms. The van der Waals surface area contributed by atoms with E-state index < -0.39 is 23.4 Å². The van der Waals surface area contributed by atoms with Crippen molar-refractivity contribution in [3.8, 4) is 5.82 Å². The zero-order chi connectivity index (χ0) is 25.2. The van der Waals surface area contributed by atoms with Gasteiger partial charge in [-0.1, -0.05) is 11.6 Å². The van der Waals surface area contributed by atoms with E-state index in [0.717, 1.165) is 12.1 Å². The number of anilines is 2. The van der Waals surface area contributed by atoms with E-state index in [1.807, 2.05) is 0 Å². The number of rotatable bonds is 5. The molecule has 0 saturated carbocycles. The molecule has 5 rings (SSSR count). The van der Waals surface area contributed by atoms with Gasteiger partial charge in [0.05, 0.1) is 27.8 Å². The number of halogens is 3. The summed E-state index contributed by atoms with van der Waals surface area (Å²) in [7, 11) is 0. The van der Waals surface area contributed by atoms with Crippen molar-refractivity contribution in [2.45, 2.75) is 0 Å². The van der Waals surface area contributed by atoms with Crippen LogP contribution in [0, 0.1) is 11.6 Å². The average molecular weight is 505 g/mol. The lowest BCUT2D eigenvalue weighted by Gasteiger charge is -2.10. The summed E-state index contributed by atoms with van der Waals surface area (Å²) in [6.07, 6.45) is 6.45. The minimum absolute atomic E-state index is 0.153. The van der Waals surface area contributed by atoms with Crippen molar-refractivity contribution in [2.24, 2.45) is 0 Å². The number of fused-ring (bicyclic) bond motifs is 1. The molecule has 0 bridgehead atoms. The minimum Gasteiger partial charge on any atom is -0.308 e. The second-order valence-corrected chi connectivity index (χ2v) is 8.04. The average Bonchev–Trinajstić information content (AvgIpc) is 3.41. The van der Waals surface area contributed by atoms with Crippen molar-refractivity contribution < 1.29 is 18.4 Å². The third-order valence-corrected chi connectivity index (χ3v) is 5.50. The maximum Gasteiger partial charge on any atom is 0.323 e. The molecule has 2 heterocycles. The molecular formula is C25H15ClF2N6O2. The molecule has 0 atom stereocenters. The molecule has 0 aliphatic heterocycles. The summed E-state index contributed by atoms with van der Waals surface area (Å²) in [6, 6.07) is 11.3. The van der Waals surface area contributed by atoms with Gasteiger partial charge in [-0.25, -0.2) is 23.5 Å². The van der Waals surface area contributed by atoms with Crippen molar-refractivity contribution in [1.82, 2.24) is 19.5 Å². The molecule has 0 aliphatic carbocycles. The number of hydrogen-bond acceptors (Lipinski definition) is 5. The highest BCUT2D eigenvalue weighted by molar-refractivity contribution is 6.31. The summed E-state index contributed by atoms with van der Waals surface area (Å²) in [4.78, 5) is 38.3. The minimum atomic E-state index is -0.755. The number of urea groups is 1.